The minimum absolute atomic E-state index is 0.0539. The van der Waals surface area contributed by atoms with Crippen LogP contribution in [-0.2, 0) is 0 Å². The van der Waals surface area contributed by atoms with Gasteiger partial charge in [0.15, 0.2) is 0 Å². The first kappa shape index (κ1) is 14.5. The summed E-state index contributed by atoms with van der Waals surface area (Å²) in [5, 5.41) is 14.0. The summed E-state index contributed by atoms with van der Waals surface area (Å²) in [5.41, 5.74) is 1.16. The molecule has 108 valence electrons. The van der Waals surface area contributed by atoms with E-state index in [0.717, 1.165) is 0 Å². The summed E-state index contributed by atoms with van der Waals surface area (Å²) in [6, 6.07) is 13.4. The van der Waals surface area contributed by atoms with Crippen LogP contribution in [0.5, 0.6) is 0 Å². The molecule has 0 aliphatic rings. The van der Waals surface area contributed by atoms with Crippen molar-refractivity contribution in [3.63, 3.8) is 0 Å². The van der Waals surface area contributed by atoms with Crippen LogP contribution in [0.25, 0.3) is 0 Å². The van der Waals surface area contributed by atoms with E-state index in [2.05, 4.69) is 5.32 Å². The van der Waals surface area contributed by atoms with Crippen LogP contribution in [0.1, 0.15) is 10.4 Å². The van der Waals surface area contributed by atoms with Crippen molar-refractivity contribution in [2.24, 2.45) is 0 Å². The number of nitro benzene ring substituents is 1. The molecule has 0 radical (unpaired) electrons. The molecule has 21 heavy (non-hydrogen) atoms. The molecule has 0 aliphatic carbocycles. The fourth-order valence-corrected chi connectivity index (χ4v) is 1.97. The number of benzene rings is 2. The number of amides is 1. The largest absolute Gasteiger partial charge is 0.388 e. The molecule has 0 aromatic heterocycles. The first-order valence-corrected chi connectivity index (χ1v) is 6.34. The number of carbonyl (C=O) groups is 1. The molecule has 0 saturated carbocycles. The monoisotopic (exact) mass is 285 g/mol. The van der Waals surface area contributed by atoms with Crippen molar-refractivity contribution in [3.05, 3.63) is 64.2 Å². The van der Waals surface area contributed by atoms with E-state index in [4.69, 9.17) is 0 Å². The van der Waals surface area contributed by atoms with E-state index >= 15 is 0 Å². The third-order valence-electron chi connectivity index (χ3n) is 3.16. The van der Waals surface area contributed by atoms with Crippen LogP contribution in [0.4, 0.5) is 17.1 Å². The molecule has 6 nitrogen and oxygen atoms in total. The second-order valence-corrected chi connectivity index (χ2v) is 4.44. The van der Waals surface area contributed by atoms with Crippen LogP contribution in [0.2, 0.25) is 0 Å². The third-order valence-corrected chi connectivity index (χ3v) is 3.16. The van der Waals surface area contributed by atoms with E-state index in [1.54, 1.807) is 44.4 Å². The van der Waals surface area contributed by atoms with Gasteiger partial charge in [-0.25, -0.2) is 0 Å². The number of para-hydroxylation sites is 1. The SMILES string of the molecule is CNc1ccc([N+](=O)[O-])c(C(=O)N(C)c2ccccc2)c1. The predicted molar refractivity (Wildman–Crippen MR) is 81.8 cm³/mol. The quantitative estimate of drug-likeness (QED) is 0.692. The highest BCUT2D eigenvalue weighted by Gasteiger charge is 2.24. The molecule has 2 aromatic carbocycles. The van der Waals surface area contributed by atoms with E-state index < -0.39 is 10.8 Å². The van der Waals surface area contributed by atoms with Crippen molar-refractivity contribution < 1.29 is 9.72 Å². The summed E-state index contributed by atoms with van der Waals surface area (Å²) in [7, 11) is 3.28. The average molecular weight is 285 g/mol. The summed E-state index contributed by atoms with van der Waals surface area (Å²) in [6.07, 6.45) is 0. The molecular formula is C15H15N3O3. The molecule has 1 N–H and O–H groups in total. The van der Waals surface area contributed by atoms with Crippen molar-refractivity contribution in [1.82, 2.24) is 0 Å². The predicted octanol–water partition coefficient (Wildman–Crippen LogP) is 2.91. The second kappa shape index (κ2) is 6.04. The lowest BCUT2D eigenvalue weighted by atomic mass is 10.1. The van der Waals surface area contributed by atoms with Crippen molar-refractivity contribution in [2.75, 3.05) is 24.3 Å². The van der Waals surface area contributed by atoms with Gasteiger partial charge < -0.3 is 10.2 Å². The molecule has 6 heteroatoms. The van der Waals surface area contributed by atoms with E-state index in [-0.39, 0.29) is 11.3 Å². The molecule has 0 fully saturated rings. The lowest BCUT2D eigenvalue weighted by molar-refractivity contribution is -0.385. The summed E-state index contributed by atoms with van der Waals surface area (Å²) >= 11 is 0. The van der Waals surface area contributed by atoms with Gasteiger partial charge in [0.25, 0.3) is 11.6 Å². The van der Waals surface area contributed by atoms with E-state index in [1.807, 2.05) is 6.07 Å². The van der Waals surface area contributed by atoms with Gasteiger partial charge in [0.05, 0.1) is 4.92 Å². The first-order valence-electron chi connectivity index (χ1n) is 6.34. The van der Waals surface area contributed by atoms with Gasteiger partial charge in [-0.1, -0.05) is 18.2 Å². The maximum absolute atomic E-state index is 12.5. The molecule has 0 heterocycles. The summed E-state index contributed by atoms with van der Waals surface area (Å²) < 4.78 is 0. The van der Waals surface area contributed by atoms with Gasteiger partial charge in [0.1, 0.15) is 5.56 Å². The molecule has 0 bridgehead atoms. The molecule has 0 aliphatic heterocycles. The highest BCUT2D eigenvalue weighted by molar-refractivity contribution is 6.08. The highest BCUT2D eigenvalue weighted by atomic mass is 16.6. The lowest BCUT2D eigenvalue weighted by Crippen LogP contribution is -2.27. The Labute approximate surface area is 122 Å². The lowest BCUT2D eigenvalue weighted by Gasteiger charge is -2.17. The van der Waals surface area contributed by atoms with Crippen LogP contribution in [0.15, 0.2) is 48.5 Å². The Morgan fingerprint density at radius 3 is 2.43 bits per heavy atom. The Morgan fingerprint density at radius 1 is 1.19 bits per heavy atom. The first-order chi connectivity index (χ1) is 10.0. The number of nitro groups is 1. The molecule has 0 saturated heterocycles. The summed E-state index contributed by atoms with van der Waals surface area (Å²) in [6.45, 7) is 0. The number of anilines is 2. The Bertz CT molecular complexity index is 671. The number of carbonyl (C=O) groups excluding carboxylic acids is 1. The molecule has 2 aromatic rings. The topological polar surface area (TPSA) is 75.5 Å². The van der Waals surface area contributed by atoms with Gasteiger partial charge >= 0.3 is 0 Å². The molecule has 1 amide bonds. The fraction of sp³-hybridized carbons (Fsp3) is 0.133. The van der Waals surface area contributed by atoms with E-state index in [1.165, 1.54) is 17.0 Å². The van der Waals surface area contributed by atoms with E-state index in [9.17, 15) is 14.9 Å². The van der Waals surface area contributed by atoms with Crippen LogP contribution in [0, 0.1) is 10.1 Å². The van der Waals surface area contributed by atoms with Crippen LogP contribution in [0.3, 0.4) is 0 Å². The van der Waals surface area contributed by atoms with Crippen molar-refractivity contribution in [3.8, 4) is 0 Å². The van der Waals surface area contributed by atoms with Crippen molar-refractivity contribution in [1.29, 1.82) is 0 Å². The van der Waals surface area contributed by atoms with Crippen molar-refractivity contribution >= 4 is 23.0 Å². The number of rotatable bonds is 4. The zero-order chi connectivity index (χ0) is 15.4. The standard InChI is InChI=1S/C15H15N3O3/c1-16-11-8-9-14(18(20)21)13(10-11)15(19)17(2)12-6-4-3-5-7-12/h3-10,16H,1-2H3. The minimum atomic E-state index is -0.550. The number of hydrogen-bond acceptors (Lipinski definition) is 4. The zero-order valence-corrected chi connectivity index (χ0v) is 11.7. The highest BCUT2D eigenvalue weighted by Crippen LogP contribution is 2.25. The summed E-state index contributed by atoms with van der Waals surface area (Å²) in [4.78, 5) is 24.5. The maximum atomic E-state index is 12.5. The van der Waals surface area contributed by atoms with Gasteiger partial charge in [-0.3, -0.25) is 14.9 Å². The Kier molecular flexibility index (Phi) is 4.18. The Balaban J connectivity index is 2.44. The maximum Gasteiger partial charge on any atom is 0.282 e. The molecular weight excluding hydrogens is 270 g/mol. The van der Waals surface area contributed by atoms with Gasteiger partial charge in [0, 0.05) is 31.5 Å². The third kappa shape index (κ3) is 3.00. The van der Waals surface area contributed by atoms with Gasteiger partial charge in [-0.05, 0) is 24.3 Å². The zero-order valence-electron chi connectivity index (χ0n) is 11.7. The van der Waals surface area contributed by atoms with Crippen LogP contribution < -0.4 is 10.2 Å². The Morgan fingerprint density at radius 2 is 1.86 bits per heavy atom. The summed E-state index contributed by atoms with van der Waals surface area (Å²) in [5.74, 6) is -0.426. The number of nitrogens with one attached hydrogen (secondary N) is 1. The fourth-order valence-electron chi connectivity index (χ4n) is 1.97. The number of hydrogen-bond donors (Lipinski definition) is 1. The van der Waals surface area contributed by atoms with Gasteiger partial charge in [-0.2, -0.15) is 0 Å². The second-order valence-electron chi connectivity index (χ2n) is 4.44. The van der Waals surface area contributed by atoms with Crippen LogP contribution >= 0.6 is 0 Å². The normalized spacial score (nSPS) is 10.0. The minimum Gasteiger partial charge on any atom is -0.388 e. The van der Waals surface area contributed by atoms with Crippen LogP contribution in [-0.4, -0.2) is 24.9 Å². The average Bonchev–Trinajstić information content (AvgIpc) is 2.53. The van der Waals surface area contributed by atoms with E-state index in [0.29, 0.717) is 11.4 Å². The van der Waals surface area contributed by atoms with Gasteiger partial charge in [-0.15, -0.1) is 0 Å². The molecule has 0 atom stereocenters. The molecule has 0 spiro atoms. The van der Waals surface area contributed by atoms with Gasteiger partial charge in [0.2, 0.25) is 0 Å². The van der Waals surface area contributed by atoms with Crippen molar-refractivity contribution in [2.45, 2.75) is 0 Å². The molecule has 0 unspecified atom stereocenters. The Hall–Kier alpha value is -2.89. The number of nitrogens with zero attached hydrogens (tertiary/aromatic N) is 2. The molecule has 2 rings (SSSR count). The smallest absolute Gasteiger partial charge is 0.282 e.